The van der Waals surface area contributed by atoms with Crippen LogP contribution in [0.4, 0.5) is 13.2 Å². The van der Waals surface area contributed by atoms with Gasteiger partial charge in [-0.3, -0.25) is 9.69 Å². The van der Waals surface area contributed by atoms with Crippen molar-refractivity contribution in [3.63, 3.8) is 0 Å². The van der Waals surface area contributed by atoms with E-state index < -0.39 is 62.9 Å². The van der Waals surface area contributed by atoms with Crippen LogP contribution in [0.5, 0.6) is 0 Å². The maximum atomic E-state index is 12.7. The molecule has 0 radical (unpaired) electrons. The Balaban J connectivity index is 2.48. The molecular weight excluding hydrogens is 383 g/mol. The summed E-state index contributed by atoms with van der Waals surface area (Å²) in [6.07, 6.45) is 0.0212. The van der Waals surface area contributed by atoms with E-state index in [1.54, 1.807) is 0 Å². The highest BCUT2D eigenvalue weighted by Gasteiger charge is 2.62. The summed E-state index contributed by atoms with van der Waals surface area (Å²) in [4.78, 5) is 25.2. The first-order chi connectivity index (χ1) is 11.8. The molecule has 146 valence electrons. The fourth-order valence-corrected chi connectivity index (χ4v) is 3.55. The van der Waals surface area contributed by atoms with E-state index >= 15 is 0 Å². The van der Waals surface area contributed by atoms with Gasteiger partial charge in [0.25, 0.3) is 0 Å². The smallest absolute Gasteiger partial charge is 0.457 e. The molecule has 0 bridgehead atoms. The summed E-state index contributed by atoms with van der Waals surface area (Å²) in [7, 11) is -6.06. The van der Waals surface area contributed by atoms with Crippen LogP contribution in [0.2, 0.25) is 0 Å². The Kier molecular flexibility index (Phi) is 5.12. The van der Waals surface area contributed by atoms with Gasteiger partial charge < -0.3 is 14.0 Å². The molecule has 0 aromatic rings. The van der Waals surface area contributed by atoms with Crippen LogP contribution in [0.3, 0.4) is 0 Å². The molecule has 0 unspecified atom stereocenters. The highest BCUT2D eigenvalue weighted by atomic mass is 32.2. The highest BCUT2D eigenvalue weighted by molar-refractivity contribution is 7.87. The molecule has 0 spiro atoms. The van der Waals surface area contributed by atoms with Crippen LogP contribution >= 0.6 is 0 Å². The molecule has 1 N–H and O–H groups in total. The van der Waals surface area contributed by atoms with E-state index in [0.29, 0.717) is 0 Å². The second kappa shape index (κ2) is 6.58. The first-order valence-corrected chi connectivity index (χ1v) is 8.80. The second-order valence-electron chi connectivity index (χ2n) is 5.84. The van der Waals surface area contributed by atoms with Crippen molar-refractivity contribution in [2.75, 3.05) is 6.61 Å². The molecule has 0 aromatic carbocycles. The first-order valence-electron chi connectivity index (χ1n) is 7.39. The van der Waals surface area contributed by atoms with Gasteiger partial charge in [-0.05, 0) is 6.92 Å². The molecule has 0 aliphatic carbocycles. The van der Waals surface area contributed by atoms with E-state index in [1.165, 1.54) is 19.9 Å². The number of esters is 1. The number of aliphatic hydroxyl groups is 1. The van der Waals surface area contributed by atoms with Gasteiger partial charge in [0.2, 0.25) is 5.91 Å². The molecule has 0 aromatic heterocycles. The van der Waals surface area contributed by atoms with Crippen molar-refractivity contribution in [2.45, 2.75) is 31.5 Å². The molecule has 4 atom stereocenters. The summed E-state index contributed by atoms with van der Waals surface area (Å²) in [6.45, 7) is 5.57. The normalized spacial score (nSPS) is 26.9. The van der Waals surface area contributed by atoms with Gasteiger partial charge in [-0.2, -0.15) is 21.6 Å². The largest absolute Gasteiger partial charge is 0.534 e. The Bertz CT molecular complexity index is 772. The van der Waals surface area contributed by atoms with Crippen molar-refractivity contribution in [1.82, 2.24) is 4.90 Å². The van der Waals surface area contributed by atoms with E-state index in [9.17, 15) is 36.3 Å². The number of alkyl halides is 3. The lowest BCUT2D eigenvalue weighted by molar-refractivity contribution is -0.164. The standard InChI is InChI=1S/C14H16F3NO7S/c1-4-5-24-13(21)10-11(25-26(22,23)14(15,16)17)6(2)9-8(7(3)19)12(20)18(9)10/h4,6-9,19H,1,5H2,2-3H3/t6-,7-,8-,9-/m1/s1. The quantitative estimate of drug-likeness (QED) is 0.230. The van der Waals surface area contributed by atoms with Gasteiger partial charge in [0.1, 0.15) is 6.61 Å². The number of rotatable bonds is 6. The molecule has 8 nitrogen and oxygen atoms in total. The Morgan fingerprint density at radius 2 is 2.04 bits per heavy atom. The number of halogens is 3. The molecule has 26 heavy (non-hydrogen) atoms. The van der Waals surface area contributed by atoms with Gasteiger partial charge in [0.05, 0.1) is 18.1 Å². The second-order valence-corrected chi connectivity index (χ2v) is 7.37. The summed E-state index contributed by atoms with van der Waals surface area (Å²) < 4.78 is 69.6. The average Bonchev–Trinajstić information content (AvgIpc) is 2.73. The Hall–Kier alpha value is -2.08. The molecule has 1 saturated heterocycles. The molecule has 2 rings (SSSR count). The number of nitrogens with zero attached hydrogens (tertiary/aromatic N) is 1. The number of aliphatic hydroxyl groups excluding tert-OH is 1. The summed E-state index contributed by atoms with van der Waals surface area (Å²) in [5, 5.41) is 9.69. The van der Waals surface area contributed by atoms with Crippen LogP contribution in [0, 0.1) is 11.8 Å². The molecule has 2 aliphatic heterocycles. The van der Waals surface area contributed by atoms with Crippen molar-refractivity contribution >= 4 is 22.0 Å². The number of ether oxygens (including phenoxy) is 1. The van der Waals surface area contributed by atoms with Crippen molar-refractivity contribution in [2.24, 2.45) is 11.8 Å². The van der Waals surface area contributed by atoms with Crippen LogP contribution < -0.4 is 0 Å². The third-order valence-corrected chi connectivity index (χ3v) is 5.08. The van der Waals surface area contributed by atoms with Crippen molar-refractivity contribution < 1.29 is 45.2 Å². The number of β-lactam (4-membered cyclic amide) rings is 1. The van der Waals surface area contributed by atoms with E-state index in [2.05, 4.69) is 10.8 Å². The predicted octanol–water partition coefficient (Wildman–Crippen LogP) is 0.651. The van der Waals surface area contributed by atoms with E-state index in [-0.39, 0.29) is 6.61 Å². The van der Waals surface area contributed by atoms with Crippen molar-refractivity contribution in [1.29, 1.82) is 0 Å². The van der Waals surface area contributed by atoms with Crippen molar-refractivity contribution in [3.8, 4) is 0 Å². The monoisotopic (exact) mass is 399 g/mol. The summed E-state index contributed by atoms with van der Waals surface area (Å²) >= 11 is 0. The van der Waals surface area contributed by atoms with Crippen LogP contribution in [-0.2, 0) is 28.6 Å². The van der Waals surface area contributed by atoms with Gasteiger partial charge in [-0.1, -0.05) is 19.6 Å². The SMILES string of the molecule is C=CCOC(=O)C1=C(OS(=O)(=O)C(F)(F)F)[C@H](C)[C@@H]2[C@@H]([C@@H](C)O)C(=O)N12. The molecule has 0 saturated carbocycles. The van der Waals surface area contributed by atoms with Crippen molar-refractivity contribution in [3.05, 3.63) is 24.1 Å². The number of hydrogen-bond donors (Lipinski definition) is 1. The maximum Gasteiger partial charge on any atom is 0.534 e. The highest BCUT2D eigenvalue weighted by Crippen LogP contribution is 2.48. The van der Waals surface area contributed by atoms with Gasteiger partial charge in [-0.15, -0.1) is 0 Å². The minimum Gasteiger partial charge on any atom is -0.457 e. The number of carbonyl (C=O) groups is 2. The summed E-state index contributed by atoms with van der Waals surface area (Å²) in [5.74, 6) is -4.93. The van der Waals surface area contributed by atoms with Gasteiger partial charge >= 0.3 is 21.6 Å². The third kappa shape index (κ3) is 3.07. The van der Waals surface area contributed by atoms with Gasteiger partial charge in [-0.25, -0.2) is 4.79 Å². The van der Waals surface area contributed by atoms with Crippen LogP contribution in [0.25, 0.3) is 0 Å². The topological polar surface area (TPSA) is 110 Å². The Morgan fingerprint density at radius 1 is 1.46 bits per heavy atom. The van der Waals surface area contributed by atoms with E-state index in [0.717, 1.165) is 4.90 Å². The third-order valence-electron chi connectivity index (χ3n) is 4.12. The Morgan fingerprint density at radius 3 is 2.50 bits per heavy atom. The number of hydrogen-bond acceptors (Lipinski definition) is 7. The lowest BCUT2D eigenvalue weighted by atomic mass is 9.79. The minimum atomic E-state index is -6.06. The molecule has 1 fully saturated rings. The maximum absolute atomic E-state index is 12.7. The Labute approximate surface area is 147 Å². The van der Waals surface area contributed by atoms with E-state index in [4.69, 9.17) is 4.74 Å². The summed E-state index contributed by atoms with van der Waals surface area (Å²) in [6, 6.07) is -0.924. The summed E-state index contributed by atoms with van der Waals surface area (Å²) in [5.41, 5.74) is -6.44. The molecule has 12 heteroatoms. The van der Waals surface area contributed by atoms with Crippen LogP contribution in [-0.4, -0.2) is 54.6 Å². The fraction of sp³-hybridized carbons (Fsp3) is 0.571. The zero-order valence-corrected chi connectivity index (χ0v) is 14.5. The van der Waals surface area contributed by atoms with Gasteiger partial charge in [0, 0.05) is 5.92 Å². The van der Waals surface area contributed by atoms with E-state index in [1.807, 2.05) is 0 Å². The molecule has 2 aliphatic rings. The predicted molar refractivity (Wildman–Crippen MR) is 79.2 cm³/mol. The van der Waals surface area contributed by atoms with Crippen LogP contribution in [0.1, 0.15) is 13.8 Å². The lowest BCUT2D eigenvalue weighted by Crippen LogP contribution is -2.63. The average molecular weight is 399 g/mol. The zero-order chi connectivity index (χ0) is 20.0. The number of carbonyl (C=O) groups excluding carboxylic acids is 2. The lowest BCUT2D eigenvalue weighted by Gasteiger charge is -2.46. The van der Waals surface area contributed by atoms with Crippen LogP contribution in [0.15, 0.2) is 24.1 Å². The molecule has 1 amide bonds. The van der Waals surface area contributed by atoms with Gasteiger partial charge in [0.15, 0.2) is 11.5 Å². The minimum absolute atomic E-state index is 0.317. The zero-order valence-electron chi connectivity index (χ0n) is 13.7. The molecular formula is C14H16F3NO7S. The number of amides is 1. The fourth-order valence-electron chi connectivity index (χ4n) is 2.99. The first kappa shape index (κ1) is 20.2. The number of fused-ring (bicyclic) bond motifs is 1. The molecule has 2 heterocycles.